The monoisotopic (exact) mass is 549 g/mol. The maximum absolute atomic E-state index is 15.0. The number of hydrogen-bond donors (Lipinski definition) is 1. The molecule has 0 radical (unpaired) electrons. The number of likely N-dealkylation sites (tertiary alicyclic amines) is 1. The van der Waals surface area contributed by atoms with E-state index in [0.717, 1.165) is 32.0 Å². The van der Waals surface area contributed by atoms with Crippen LogP contribution in [-0.2, 0) is 0 Å². The Morgan fingerprint density at radius 3 is 2.41 bits per heavy atom. The zero-order valence-electron chi connectivity index (χ0n) is 22.4. The molecule has 0 spiro atoms. The predicted octanol–water partition coefficient (Wildman–Crippen LogP) is 6.34. The maximum Gasteiger partial charge on any atom is 0.416 e. The number of anilines is 2. The van der Waals surface area contributed by atoms with Crippen LogP contribution in [0, 0.1) is 11.6 Å². The molecular weight excluding hydrogens is 517 g/mol. The highest BCUT2D eigenvalue weighted by molar-refractivity contribution is 6.17. The molecule has 11 heteroatoms. The summed E-state index contributed by atoms with van der Waals surface area (Å²) in [4.78, 5) is 11.7. The standard InChI is InChI=1S/C28H32F5N5O/c1-16(2)38-15-28(32,33)39-26-23(31)12-19(13-24(26)38)25(17(3)29)36-27(34-4)35-20-6-7-21(22(30)14-20)18-8-10-37(5)11-9-18/h6-7,12-14,16,18H,3,8-11,15H2,1-2,4-5H3,(H,34,35)/b36-25+. The predicted molar refractivity (Wildman–Crippen MR) is 144 cm³/mol. The van der Waals surface area contributed by atoms with Gasteiger partial charge in [-0.25, -0.2) is 18.2 Å². The van der Waals surface area contributed by atoms with E-state index in [1.807, 2.05) is 7.05 Å². The van der Waals surface area contributed by atoms with Crippen LogP contribution in [0.1, 0.15) is 43.7 Å². The number of nitrogens with one attached hydrogen (secondary N) is 1. The number of hydrogen-bond acceptors (Lipinski definition) is 4. The molecule has 0 amide bonds. The number of rotatable bonds is 5. The van der Waals surface area contributed by atoms with Crippen LogP contribution < -0.4 is 15.0 Å². The average Bonchev–Trinajstić information content (AvgIpc) is 2.86. The van der Waals surface area contributed by atoms with Crippen molar-refractivity contribution in [2.24, 2.45) is 9.98 Å². The van der Waals surface area contributed by atoms with Gasteiger partial charge in [-0.1, -0.05) is 12.6 Å². The lowest BCUT2D eigenvalue weighted by Gasteiger charge is -2.38. The van der Waals surface area contributed by atoms with E-state index in [0.29, 0.717) is 11.3 Å². The van der Waals surface area contributed by atoms with Crippen LogP contribution in [0.3, 0.4) is 0 Å². The van der Waals surface area contributed by atoms with Crippen LogP contribution in [0.4, 0.5) is 33.3 Å². The van der Waals surface area contributed by atoms with E-state index in [4.69, 9.17) is 0 Å². The molecule has 4 rings (SSSR count). The van der Waals surface area contributed by atoms with Gasteiger partial charge in [0.15, 0.2) is 11.6 Å². The summed E-state index contributed by atoms with van der Waals surface area (Å²) in [5, 5.41) is 2.85. The first-order chi connectivity index (χ1) is 18.4. The number of piperidine rings is 1. The normalized spacial score (nSPS) is 18.7. The topological polar surface area (TPSA) is 52.5 Å². The maximum atomic E-state index is 15.0. The van der Waals surface area contributed by atoms with Gasteiger partial charge >= 0.3 is 6.11 Å². The van der Waals surface area contributed by atoms with Gasteiger partial charge in [0.1, 0.15) is 23.9 Å². The smallest absolute Gasteiger partial charge is 0.416 e. The van der Waals surface area contributed by atoms with Gasteiger partial charge < -0.3 is 19.9 Å². The fraction of sp³-hybridized carbons (Fsp3) is 0.429. The minimum atomic E-state index is -3.59. The van der Waals surface area contributed by atoms with Crippen molar-refractivity contribution < 1.29 is 26.7 Å². The second-order valence-electron chi connectivity index (χ2n) is 10.1. The van der Waals surface area contributed by atoms with Crippen LogP contribution in [-0.4, -0.2) is 62.5 Å². The van der Waals surface area contributed by atoms with E-state index in [1.165, 1.54) is 24.1 Å². The van der Waals surface area contributed by atoms with Crippen LogP contribution in [0.5, 0.6) is 5.75 Å². The third-order valence-corrected chi connectivity index (χ3v) is 6.94. The van der Waals surface area contributed by atoms with Crippen LogP contribution in [0.15, 0.2) is 52.7 Å². The Balaban J connectivity index is 1.63. The van der Waals surface area contributed by atoms with Crippen molar-refractivity contribution in [2.75, 3.05) is 43.9 Å². The fourth-order valence-corrected chi connectivity index (χ4v) is 4.86. The van der Waals surface area contributed by atoms with Crippen molar-refractivity contribution in [1.82, 2.24) is 4.90 Å². The van der Waals surface area contributed by atoms with Crippen LogP contribution in [0.2, 0.25) is 0 Å². The molecule has 2 aliphatic heterocycles. The number of fused-ring (bicyclic) bond motifs is 1. The number of benzene rings is 2. The highest BCUT2D eigenvalue weighted by Gasteiger charge is 2.43. The first kappa shape index (κ1) is 28.5. The molecule has 0 saturated carbocycles. The fourth-order valence-electron chi connectivity index (χ4n) is 4.86. The summed E-state index contributed by atoms with van der Waals surface area (Å²) < 4.78 is 77.3. The second-order valence-corrected chi connectivity index (χ2v) is 10.1. The SMILES string of the molecule is C=C(F)/C(=N\C(=N/C)Nc1ccc(C2CCN(C)CC2)c(F)c1)c1cc(F)c2c(c1)N(C(C)C)CC(F)(F)O2. The molecule has 1 N–H and O–H groups in total. The van der Waals surface area contributed by atoms with Crippen LogP contribution in [0.25, 0.3) is 0 Å². The van der Waals surface area contributed by atoms with E-state index < -0.39 is 36.1 Å². The highest BCUT2D eigenvalue weighted by atomic mass is 19.3. The Kier molecular flexibility index (Phi) is 8.29. The molecule has 6 nitrogen and oxygen atoms in total. The lowest BCUT2D eigenvalue weighted by molar-refractivity contribution is -0.174. The van der Waals surface area contributed by atoms with Gasteiger partial charge in [-0.2, -0.15) is 8.78 Å². The molecule has 210 valence electrons. The molecule has 0 bridgehead atoms. The lowest BCUT2D eigenvalue weighted by Crippen LogP contribution is -2.48. The lowest BCUT2D eigenvalue weighted by atomic mass is 9.89. The Labute approximate surface area is 224 Å². The van der Waals surface area contributed by atoms with Gasteiger partial charge in [0, 0.05) is 24.3 Å². The number of allylic oxidation sites excluding steroid dienone is 1. The third kappa shape index (κ3) is 6.41. The molecule has 2 heterocycles. The second kappa shape index (κ2) is 11.3. The van der Waals surface area contributed by atoms with Crippen molar-refractivity contribution in [1.29, 1.82) is 0 Å². The van der Waals surface area contributed by atoms with Gasteiger partial charge in [0.05, 0.1) is 5.69 Å². The first-order valence-electron chi connectivity index (χ1n) is 12.7. The summed E-state index contributed by atoms with van der Waals surface area (Å²) >= 11 is 0. The number of nitrogens with zero attached hydrogens (tertiary/aromatic N) is 4. The summed E-state index contributed by atoms with van der Waals surface area (Å²) in [7, 11) is 3.44. The molecule has 39 heavy (non-hydrogen) atoms. The molecular formula is C28H32F5N5O. The Morgan fingerprint density at radius 2 is 1.82 bits per heavy atom. The van der Waals surface area contributed by atoms with Crippen molar-refractivity contribution in [2.45, 2.75) is 44.8 Å². The van der Waals surface area contributed by atoms with Crippen molar-refractivity contribution >= 4 is 23.0 Å². The van der Waals surface area contributed by atoms with Gasteiger partial charge in [-0.15, -0.1) is 0 Å². The molecule has 1 saturated heterocycles. The summed E-state index contributed by atoms with van der Waals surface area (Å²) in [5.41, 5.74) is 0.598. The quantitative estimate of drug-likeness (QED) is 0.269. The van der Waals surface area contributed by atoms with Gasteiger partial charge in [0.25, 0.3) is 0 Å². The van der Waals surface area contributed by atoms with E-state index in [-0.39, 0.29) is 34.7 Å². The third-order valence-electron chi connectivity index (χ3n) is 6.94. The van der Waals surface area contributed by atoms with E-state index in [1.54, 1.807) is 26.0 Å². The largest absolute Gasteiger partial charge is 0.426 e. The summed E-state index contributed by atoms with van der Waals surface area (Å²) in [6.07, 6.45) is -1.87. The van der Waals surface area contributed by atoms with Crippen molar-refractivity contribution in [3.63, 3.8) is 0 Å². The molecule has 2 aromatic carbocycles. The highest BCUT2D eigenvalue weighted by Crippen LogP contribution is 2.42. The molecule has 0 aromatic heterocycles. The number of guanidine groups is 1. The zero-order valence-corrected chi connectivity index (χ0v) is 22.4. The minimum Gasteiger partial charge on any atom is -0.426 e. The number of aliphatic imine (C=N–C) groups is 2. The van der Waals surface area contributed by atoms with E-state index >= 15 is 0 Å². The Hall–Kier alpha value is -3.47. The van der Waals surface area contributed by atoms with E-state index in [9.17, 15) is 22.0 Å². The Morgan fingerprint density at radius 1 is 1.13 bits per heavy atom. The minimum absolute atomic E-state index is 0.0365. The summed E-state index contributed by atoms with van der Waals surface area (Å²) in [6.45, 7) is 7.63. The number of ether oxygens (including phenoxy) is 1. The molecule has 2 aliphatic rings. The average molecular weight is 550 g/mol. The van der Waals surface area contributed by atoms with E-state index in [2.05, 4.69) is 31.5 Å². The zero-order chi connectivity index (χ0) is 28.5. The van der Waals surface area contributed by atoms with Crippen molar-refractivity contribution in [3.8, 4) is 5.75 Å². The Bertz CT molecular complexity index is 1300. The molecule has 0 unspecified atom stereocenters. The molecule has 1 fully saturated rings. The summed E-state index contributed by atoms with van der Waals surface area (Å²) in [6, 6.07) is 6.48. The molecule has 0 atom stereocenters. The van der Waals surface area contributed by atoms with Gasteiger partial charge in [-0.3, -0.25) is 4.99 Å². The molecule has 0 aliphatic carbocycles. The number of alkyl halides is 2. The summed E-state index contributed by atoms with van der Waals surface area (Å²) in [5.74, 6) is -3.06. The molecule has 2 aromatic rings. The number of halogens is 5. The van der Waals surface area contributed by atoms with Crippen LogP contribution >= 0.6 is 0 Å². The first-order valence-corrected chi connectivity index (χ1v) is 12.7. The van der Waals surface area contributed by atoms with Gasteiger partial charge in [-0.05, 0) is 82.6 Å². The van der Waals surface area contributed by atoms with Crippen molar-refractivity contribution in [3.05, 3.63) is 65.5 Å². The van der Waals surface area contributed by atoms with Gasteiger partial charge in [0.2, 0.25) is 5.96 Å².